The molecular formula is C10H13NO2. The third kappa shape index (κ3) is 0.890. The summed E-state index contributed by atoms with van der Waals surface area (Å²) in [6.07, 6.45) is 5.44. The van der Waals surface area contributed by atoms with E-state index >= 15 is 0 Å². The molecule has 5 atom stereocenters. The van der Waals surface area contributed by atoms with Gasteiger partial charge in [-0.3, -0.25) is 0 Å². The van der Waals surface area contributed by atoms with Crippen molar-refractivity contribution >= 4 is 6.08 Å². The molecule has 0 aromatic rings. The molecule has 1 aliphatic heterocycles. The van der Waals surface area contributed by atoms with Gasteiger partial charge in [0.2, 0.25) is 6.08 Å². The highest BCUT2D eigenvalue weighted by molar-refractivity contribution is 5.34. The predicted molar refractivity (Wildman–Crippen MR) is 45.7 cm³/mol. The molecule has 0 N–H and O–H groups in total. The average Bonchev–Trinajstić information content (AvgIpc) is 1.97. The molecule has 1 heterocycles. The van der Waals surface area contributed by atoms with Crippen molar-refractivity contribution < 1.29 is 9.53 Å². The zero-order valence-corrected chi connectivity index (χ0v) is 7.69. The predicted octanol–water partition coefficient (Wildman–Crippen LogP) is 1.48. The van der Waals surface area contributed by atoms with Crippen LogP contribution in [0.5, 0.6) is 0 Å². The van der Waals surface area contributed by atoms with E-state index in [0.29, 0.717) is 6.10 Å². The molecule has 5 unspecified atom stereocenters. The van der Waals surface area contributed by atoms with Crippen LogP contribution in [-0.2, 0) is 9.53 Å². The molecule has 0 aromatic carbocycles. The van der Waals surface area contributed by atoms with Crippen molar-refractivity contribution in [1.82, 2.24) is 0 Å². The van der Waals surface area contributed by atoms with E-state index in [4.69, 9.17) is 4.74 Å². The second kappa shape index (κ2) is 2.23. The van der Waals surface area contributed by atoms with E-state index in [1.165, 1.54) is 12.8 Å². The monoisotopic (exact) mass is 179 g/mol. The normalized spacial score (nSPS) is 56.7. The second-order valence-corrected chi connectivity index (χ2v) is 4.81. The van der Waals surface area contributed by atoms with Crippen molar-refractivity contribution in [2.24, 2.45) is 22.7 Å². The molecule has 3 heteroatoms. The van der Waals surface area contributed by atoms with E-state index in [1.807, 2.05) is 6.92 Å². The van der Waals surface area contributed by atoms with Crippen molar-refractivity contribution in [3.63, 3.8) is 0 Å². The Balaban J connectivity index is 1.82. The van der Waals surface area contributed by atoms with Gasteiger partial charge in [0.15, 0.2) is 5.72 Å². The molecule has 2 saturated carbocycles. The van der Waals surface area contributed by atoms with Gasteiger partial charge < -0.3 is 4.74 Å². The molecule has 3 aliphatic rings. The zero-order chi connectivity index (χ0) is 9.05. The standard InChI is InChI=1S/C10H13NO2/c1-10(11-5-12)4-7-2-6-3-8(13-10)9(6)7/h6-9H,2-4H2,1H3. The van der Waals surface area contributed by atoms with Crippen LogP contribution in [-0.4, -0.2) is 17.9 Å². The SMILES string of the molecule is CC1(N=C=O)CC2CC3CC(O1)C32. The first-order chi connectivity index (χ1) is 6.22. The summed E-state index contributed by atoms with van der Waals surface area (Å²) in [6.45, 7) is 1.90. The van der Waals surface area contributed by atoms with E-state index in [1.54, 1.807) is 6.08 Å². The maximum atomic E-state index is 10.2. The molecule has 3 rings (SSSR count). The first-order valence-corrected chi connectivity index (χ1v) is 4.99. The van der Waals surface area contributed by atoms with Gasteiger partial charge >= 0.3 is 0 Å². The van der Waals surface area contributed by atoms with Crippen molar-refractivity contribution in [3.05, 3.63) is 0 Å². The molecule has 1 saturated heterocycles. The summed E-state index contributed by atoms with van der Waals surface area (Å²) in [4.78, 5) is 14.0. The lowest BCUT2D eigenvalue weighted by Gasteiger charge is -2.63. The molecule has 0 amide bonds. The fraction of sp³-hybridized carbons (Fsp3) is 0.900. The van der Waals surface area contributed by atoms with Gasteiger partial charge in [0.1, 0.15) is 0 Å². The first kappa shape index (κ1) is 7.72. The van der Waals surface area contributed by atoms with Crippen LogP contribution in [0, 0.1) is 17.8 Å². The van der Waals surface area contributed by atoms with E-state index in [9.17, 15) is 4.79 Å². The highest BCUT2D eigenvalue weighted by Gasteiger charge is 2.60. The Morgan fingerprint density at radius 3 is 2.92 bits per heavy atom. The summed E-state index contributed by atoms with van der Waals surface area (Å²) in [5, 5.41) is 0. The van der Waals surface area contributed by atoms with E-state index in [0.717, 1.165) is 24.2 Å². The Labute approximate surface area is 77.2 Å². The molecular weight excluding hydrogens is 166 g/mol. The number of rotatable bonds is 1. The zero-order valence-electron chi connectivity index (χ0n) is 7.69. The molecule has 3 fully saturated rings. The number of hydrogen-bond donors (Lipinski definition) is 0. The molecule has 13 heavy (non-hydrogen) atoms. The van der Waals surface area contributed by atoms with Gasteiger partial charge in [-0.15, -0.1) is 0 Å². The molecule has 0 bridgehead atoms. The Kier molecular flexibility index (Phi) is 1.32. The van der Waals surface area contributed by atoms with E-state index in [-0.39, 0.29) is 0 Å². The first-order valence-electron chi connectivity index (χ1n) is 4.99. The van der Waals surface area contributed by atoms with Crippen LogP contribution in [0.4, 0.5) is 0 Å². The van der Waals surface area contributed by atoms with Gasteiger partial charge in [-0.05, 0) is 37.5 Å². The molecule has 0 radical (unpaired) electrons. The Hall–Kier alpha value is -0.660. The van der Waals surface area contributed by atoms with Crippen molar-refractivity contribution in [3.8, 4) is 0 Å². The largest absolute Gasteiger partial charge is 0.350 e. The smallest absolute Gasteiger partial charge is 0.237 e. The number of ether oxygens (including phenoxy) is 1. The highest BCUT2D eigenvalue weighted by atomic mass is 16.5. The second-order valence-electron chi connectivity index (χ2n) is 4.81. The fourth-order valence-electron chi connectivity index (χ4n) is 3.39. The molecule has 0 spiro atoms. The van der Waals surface area contributed by atoms with Crippen LogP contribution < -0.4 is 0 Å². The van der Waals surface area contributed by atoms with Crippen LogP contribution in [0.2, 0.25) is 0 Å². The maximum Gasteiger partial charge on any atom is 0.237 e. The van der Waals surface area contributed by atoms with Crippen LogP contribution in [0.3, 0.4) is 0 Å². The fourth-order valence-corrected chi connectivity index (χ4v) is 3.39. The van der Waals surface area contributed by atoms with Crippen LogP contribution in [0.1, 0.15) is 26.2 Å². The minimum Gasteiger partial charge on any atom is -0.350 e. The molecule has 3 nitrogen and oxygen atoms in total. The summed E-state index contributed by atoms with van der Waals surface area (Å²) in [7, 11) is 0. The molecule has 70 valence electrons. The van der Waals surface area contributed by atoms with Gasteiger partial charge in [-0.1, -0.05) is 0 Å². The van der Waals surface area contributed by atoms with Gasteiger partial charge in [0.05, 0.1) is 6.10 Å². The number of isocyanates is 1. The Morgan fingerprint density at radius 1 is 1.46 bits per heavy atom. The topological polar surface area (TPSA) is 38.7 Å². The summed E-state index contributed by atoms with van der Waals surface area (Å²) in [5.41, 5.74) is -0.557. The third-order valence-corrected chi connectivity index (χ3v) is 3.99. The Morgan fingerprint density at radius 2 is 2.31 bits per heavy atom. The van der Waals surface area contributed by atoms with Crippen LogP contribution in [0.25, 0.3) is 0 Å². The van der Waals surface area contributed by atoms with Crippen molar-refractivity contribution in [1.29, 1.82) is 0 Å². The van der Waals surface area contributed by atoms with Crippen molar-refractivity contribution in [2.45, 2.75) is 38.0 Å². The Bertz CT molecular complexity index is 279. The van der Waals surface area contributed by atoms with E-state index < -0.39 is 5.72 Å². The third-order valence-electron chi connectivity index (χ3n) is 3.99. The number of nitrogens with zero attached hydrogens (tertiary/aromatic N) is 1. The quantitative estimate of drug-likeness (QED) is 0.451. The minimum atomic E-state index is -0.557. The number of carbonyl (C=O) groups excluding carboxylic acids is 1. The number of aliphatic imine (C=N–C) groups is 1. The maximum absolute atomic E-state index is 10.2. The van der Waals surface area contributed by atoms with Gasteiger partial charge in [0, 0.05) is 6.42 Å². The lowest BCUT2D eigenvalue weighted by molar-refractivity contribution is -0.270. The summed E-state index contributed by atoms with van der Waals surface area (Å²) in [5.74, 6) is 2.49. The summed E-state index contributed by atoms with van der Waals surface area (Å²) in [6, 6.07) is 0. The van der Waals surface area contributed by atoms with Gasteiger partial charge in [-0.25, -0.2) is 4.79 Å². The summed E-state index contributed by atoms with van der Waals surface area (Å²) >= 11 is 0. The lowest BCUT2D eigenvalue weighted by Crippen LogP contribution is -2.63. The van der Waals surface area contributed by atoms with Crippen molar-refractivity contribution in [2.75, 3.05) is 0 Å². The summed E-state index contributed by atoms with van der Waals surface area (Å²) < 4.78 is 5.78. The lowest BCUT2D eigenvalue weighted by atomic mass is 9.49. The average molecular weight is 179 g/mol. The highest BCUT2D eigenvalue weighted by Crippen LogP contribution is 2.61. The van der Waals surface area contributed by atoms with E-state index in [2.05, 4.69) is 4.99 Å². The van der Waals surface area contributed by atoms with Gasteiger partial charge in [0.25, 0.3) is 0 Å². The molecule has 2 aliphatic carbocycles. The van der Waals surface area contributed by atoms with Crippen LogP contribution in [0.15, 0.2) is 4.99 Å². The van der Waals surface area contributed by atoms with Crippen LogP contribution >= 0.6 is 0 Å². The number of hydrogen-bond acceptors (Lipinski definition) is 3. The minimum absolute atomic E-state index is 0.389. The van der Waals surface area contributed by atoms with Gasteiger partial charge in [-0.2, -0.15) is 4.99 Å². The molecule has 0 aromatic heterocycles.